The van der Waals surface area contributed by atoms with Crippen molar-refractivity contribution >= 4 is 28.9 Å². The molecule has 34 heavy (non-hydrogen) atoms. The van der Waals surface area contributed by atoms with Crippen LogP contribution >= 0.6 is 11.6 Å². The fourth-order valence-corrected chi connectivity index (χ4v) is 4.22. The minimum atomic E-state index is -0.537. The Hall–Kier alpha value is -3.97. The highest BCUT2D eigenvalue weighted by Gasteiger charge is 2.36. The first-order valence-electron chi connectivity index (χ1n) is 10.6. The van der Waals surface area contributed by atoms with Crippen LogP contribution in [0.5, 0.6) is 0 Å². The zero-order valence-electron chi connectivity index (χ0n) is 18.4. The molecule has 4 aromatic rings. The molecule has 6 nitrogen and oxygen atoms in total. The number of carbonyl (C=O) groups is 1. The van der Waals surface area contributed by atoms with E-state index in [1.807, 2.05) is 37.3 Å². The topological polar surface area (TPSA) is 71.3 Å². The van der Waals surface area contributed by atoms with Gasteiger partial charge >= 0.3 is 6.03 Å². The highest BCUT2D eigenvalue weighted by molar-refractivity contribution is 6.30. The highest BCUT2D eigenvalue weighted by atomic mass is 35.5. The lowest BCUT2D eigenvalue weighted by Gasteiger charge is -2.35. The third-order valence-electron chi connectivity index (χ3n) is 5.70. The molecule has 0 radical (unpaired) electrons. The summed E-state index contributed by atoms with van der Waals surface area (Å²) in [5, 5.41) is 7.71. The van der Waals surface area contributed by atoms with E-state index in [1.165, 1.54) is 17.0 Å². The monoisotopic (exact) mass is 474 g/mol. The van der Waals surface area contributed by atoms with Crippen molar-refractivity contribution in [3.8, 4) is 11.4 Å². The van der Waals surface area contributed by atoms with E-state index in [0.29, 0.717) is 33.4 Å². The molecule has 5 rings (SSSR count). The summed E-state index contributed by atoms with van der Waals surface area (Å²) >= 11 is 6.12. The predicted molar refractivity (Wildman–Crippen MR) is 129 cm³/mol. The quantitative estimate of drug-likeness (QED) is 0.364. The number of nitrogens with zero attached hydrogens (tertiary/aromatic N) is 3. The second-order valence-electron chi connectivity index (χ2n) is 8.04. The summed E-state index contributed by atoms with van der Waals surface area (Å²) in [5.74, 6) is 0.176. The Balaban J connectivity index is 1.66. The van der Waals surface area contributed by atoms with Gasteiger partial charge in [0.1, 0.15) is 5.82 Å². The summed E-state index contributed by atoms with van der Waals surface area (Å²) in [5.41, 5.74) is 4.22. The number of carbonyl (C=O) groups excluding carboxylic acids is 1. The smallest absolute Gasteiger partial charge is 0.327 e. The third-order valence-corrected chi connectivity index (χ3v) is 5.94. The maximum atomic E-state index is 14.0. The van der Waals surface area contributed by atoms with E-state index in [2.05, 4.69) is 15.5 Å². The maximum absolute atomic E-state index is 14.0. The molecule has 3 aromatic carbocycles. The van der Waals surface area contributed by atoms with E-state index < -0.39 is 11.9 Å². The molecule has 2 amide bonds. The van der Waals surface area contributed by atoms with Crippen molar-refractivity contribution in [1.29, 1.82) is 0 Å². The molecule has 1 unspecified atom stereocenters. The first-order valence-corrected chi connectivity index (χ1v) is 11.0. The number of nitrogens with one attached hydrogen (secondary N) is 1. The standard InChI is InChI=1S/C26H20ClFN4O2/c1-15-9-11-17(12-10-15)23-22(25-30-24(31-34-25)18-5-3-6-19(27)13-18)16(2)32(26(33)29-23)21-8-4-7-20(28)14-21/h3-14,23H,1-2H3,(H,29,33). The molecule has 0 fully saturated rings. The lowest BCUT2D eigenvalue weighted by molar-refractivity contribution is 0.244. The van der Waals surface area contributed by atoms with Gasteiger partial charge in [-0.15, -0.1) is 0 Å². The Kier molecular flexibility index (Phi) is 5.63. The van der Waals surface area contributed by atoms with E-state index in [-0.39, 0.29) is 11.9 Å². The number of hydrogen-bond acceptors (Lipinski definition) is 4. The van der Waals surface area contributed by atoms with Gasteiger partial charge in [0.05, 0.1) is 17.3 Å². The number of hydrogen-bond donors (Lipinski definition) is 1. The minimum Gasteiger partial charge on any atom is -0.334 e. The maximum Gasteiger partial charge on any atom is 0.327 e. The van der Waals surface area contributed by atoms with E-state index in [4.69, 9.17) is 16.1 Å². The van der Waals surface area contributed by atoms with Crippen LogP contribution < -0.4 is 10.2 Å². The van der Waals surface area contributed by atoms with Gasteiger partial charge in [0.25, 0.3) is 5.89 Å². The van der Waals surface area contributed by atoms with Crippen LogP contribution in [0.15, 0.2) is 83.0 Å². The van der Waals surface area contributed by atoms with Crippen LogP contribution in [0.2, 0.25) is 5.02 Å². The first-order chi connectivity index (χ1) is 16.4. The Morgan fingerprint density at radius 3 is 2.53 bits per heavy atom. The van der Waals surface area contributed by atoms with Crippen LogP contribution in [0, 0.1) is 12.7 Å². The fourth-order valence-electron chi connectivity index (χ4n) is 4.03. The zero-order valence-corrected chi connectivity index (χ0v) is 19.2. The lowest BCUT2D eigenvalue weighted by Crippen LogP contribution is -2.46. The predicted octanol–water partition coefficient (Wildman–Crippen LogP) is 6.54. The summed E-state index contributed by atoms with van der Waals surface area (Å²) in [6.45, 7) is 3.77. The van der Waals surface area contributed by atoms with E-state index in [9.17, 15) is 9.18 Å². The molecular weight excluding hydrogens is 455 g/mol. The molecule has 1 N–H and O–H groups in total. The molecule has 0 bridgehead atoms. The normalized spacial score (nSPS) is 16.1. The van der Waals surface area contributed by atoms with Crippen LogP contribution in [-0.4, -0.2) is 16.2 Å². The van der Waals surface area contributed by atoms with Crippen molar-refractivity contribution in [3.05, 3.63) is 106 Å². The summed E-state index contributed by atoms with van der Waals surface area (Å²) in [6, 6.07) is 19.9. The van der Waals surface area contributed by atoms with Gasteiger partial charge in [-0.3, -0.25) is 4.90 Å². The van der Waals surface area contributed by atoms with Crippen molar-refractivity contribution < 1.29 is 13.7 Å². The number of rotatable bonds is 4. The van der Waals surface area contributed by atoms with Gasteiger partial charge in [0.15, 0.2) is 0 Å². The number of urea groups is 1. The zero-order chi connectivity index (χ0) is 23.8. The molecule has 8 heteroatoms. The third kappa shape index (κ3) is 4.06. The summed E-state index contributed by atoms with van der Waals surface area (Å²) in [4.78, 5) is 19.2. The first kappa shape index (κ1) is 21.9. The largest absolute Gasteiger partial charge is 0.334 e. The summed E-state index contributed by atoms with van der Waals surface area (Å²) in [7, 11) is 0. The molecule has 1 aliphatic heterocycles. The van der Waals surface area contributed by atoms with Crippen LogP contribution in [-0.2, 0) is 0 Å². The van der Waals surface area contributed by atoms with Gasteiger partial charge in [0, 0.05) is 16.3 Å². The number of aryl methyl sites for hydroxylation is 1. The number of aromatic nitrogens is 2. The van der Waals surface area contributed by atoms with Crippen molar-refractivity contribution in [2.75, 3.05) is 4.90 Å². The Bertz CT molecular complexity index is 1410. The summed E-state index contributed by atoms with van der Waals surface area (Å²) in [6.07, 6.45) is 0. The number of amides is 2. The van der Waals surface area contributed by atoms with Gasteiger partial charge in [-0.05, 0) is 49.7 Å². The van der Waals surface area contributed by atoms with Crippen LogP contribution in [0.1, 0.15) is 30.0 Å². The van der Waals surface area contributed by atoms with Crippen molar-refractivity contribution in [3.63, 3.8) is 0 Å². The van der Waals surface area contributed by atoms with Crippen LogP contribution in [0.4, 0.5) is 14.9 Å². The highest BCUT2D eigenvalue weighted by Crippen LogP contribution is 2.39. The summed E-state index contributed by atoms with van der Waals surface area (Å²) < 4.78 is 19.6. The van der Waals surface area contributed by atoms with Gasteiger partial charge in [0.2, 0.25) is 5.82 Å². The van der Waals surface area contributed by atoms with Crippen molar-refractivity contribution in [2.24, 2.45) is 0 Å². The molecule has 0 aliphatic carbocycles. The molecule has 1 aromatic heterocycles. The average molecular weight is 475 g/mol. The number of benzene rings is 3. The molecule has 0 saturated heterocycles. The second-order valence-corrected chi connectivity index (χ2v) is 8.48. The van der Waals surface area contributed by atoms with Crippen molar-refractivity contribution in [1.82, 2.24) is 15.5 Å². The van der Waals surface area contributed by atoms with Crippen LogP contribution in [0.25, 0.3) is 17.0 Å². The lowest BCUT2D eigenvalue weighted by atomic mass is 9.94. The molecule has 1 atom stereocenters. The molecule has 0 spiro atoms. The average Bonchev–Trinajstić information content (AvgIpc) is 3.29. The molecule has 170 valence electrons. The van der Waals surface area contributed by atoms with E-state index in [0.717, 1.165) is 11.1 Å². The Morgan fingerprint density at radius 2 is 1.79 bits per heavy atom. The second kappa shape index (κ2) is 8.76. The molecule has 1 aliphatic rings. The number of halogens is 2. The number of allylic oxidation sites excluding steroid dienone is 1. The van der Waals surface area contributed by atoms with Crippen molar-refractivity contribution in [2.45, 2.75) is 19.9 Å². The fraction of sp³-hybridized carbons (Fsp3) is 0.115. The molecule has 2 heterocycles. The van der Waals surface area contributed by atoms with E-state index >= 15 is 0 Å². The Labute approximate surface area is 200 Å². The van der Waals surface area contributed by atoms with E-state index in [1.54, 1.807) is 37.3 Å². The van der Waals surface area contributed by atoms with Gasteiger partial charge in [-0.1, -0.05) is 64.8 Å². The van der Waals surface area contributed by atoms with Gasteiger partial charge < -0.3 is 9.84 Å². The molecular formula is C26H20ClFN4O2. The minimum absolute atomic E-state index is 0.249. The van der Waals surface area contributed by atoms with Gasteiger partial charge in [-0.25, -0.2) is 9.18 Å². The Morgan fingerprint density at radius 1 is 1.03 bits per heavy atom. The van der Waals surface area contributed by atoms with Gasteiger partial charge in [-0.2, -0.15) is 4.98 Å². The molecule has 0 saturated carbocycles. The number of anilines is 1. The SMILES string of the molecule is CC1=C(c2nc(-c3cccc(Cl)c3)no2)C(c2ccc(C)cc2)NC(=O)N1c1cccc(F)c1. The van der Waals surface area contributed by atoms with Crippen LogP contribution in [0.3, 0.4) is 0 Å².